The van der Waals surface area contributed by atoms with E-state index in [1.165, 1.54) is 0 Å². The molecule has 2 fully saturated rings. The molecule has 0 aromatic rings. The molecule has 0 radical (unpaired) electrons. The first-order valence-electron chi connectivity index (χ1n) is 4.24. The zero-order valence-electron chi connectivity index (χ0n) is 7.12. The molecule has 1 unspecified atom stereocenters. The Balaban J connectivity index is 2.18. The first-order valence-corrected chi connectivity index (χ1v) is 4.24. The predicted molar refractivity (Wildman–Crippen MR) is 41.7 cm³/mol. The summed E-state index contributed by atoms with van der Waals surface area (Å²) in [6.45, 7) is 2.16. The molecule has 1 N–H and O–H groups in total. The fraction of sp³-hybridized carbons (Fsp3) is 0.875. The first kappa shape index (κ1) is 7.86. The Morgan fingerprint density at radius 1 is 1.75 bits per heavy atom. The van der Waals surface area contributed by atoms with Gasteiger partial charge in [0.1, 0.15) is 12.1 Å². The Bertz CT molecular complexity index is 214. The van der Waals surface area contributed by atoms with E-state index < -0.39 is 5.54 Å². The zero-order chi connectivity index (χ0) is 8.77. The lowest BCUT2D eigenvalue weighted by Gasteiger charge is -2.29. The molecule has 0 bridgehead atoms. The van der Waals surface area contributed by atoms with Gasteiger partial charge in [0.15, 0.2) is 0 Å². The van der Waals surface area contributed by atoms with E-state index in [1.54, 1.807) is 4.90 Å². The summed E-state index contributed by atoms with van der Waals surface area (Å²) in [5, 5.41) is 9.12. The third-order valence-electron chi connectivity index (χ3n) is 2.54. The van der Waals surface area contributed by atoms with Crippen molar-refractivity contribution in [3.8, 4) is 0 Å². The largest absolute Gasteiger partial charge is 0.447 e. The molecule has 0 spiro atoms. The summed E-state index contributed by atoms with van der Waals surface area (Å²) in [6, 6.07) is 0.317. The average Bonchev–Trinajstić information content (AvgIpc) is 2.82. The van der Waals surface area contributed by atoms with E-state index in [0.717, 1.165) is 12.8 Å². The highest BCUT2D eigenvalue weighted by atomic mass is 16.6. The molecule has 0 aromatic heterocycles. The van der Waals surface area contributed by atoms with Gasteiger partial charge in [-0.3, -0.25) is 4.90 Å². The molecule has 0 aromatic carbocycles. The van der Waals surface area contributed by atoms with E-state index >= 15 is 0 Å². The minimum atomic E-state index is -0.474. The van der Waals surface area contributed by atoms with Crippen LogP contribution >= 0.6 is 0 Å². The highest BCUT2D eigenvalue weighted by Gasteiger charge is 2.50. The molecule has 1 heterocycles. The van der Waals surface area contributed by atoms with Crippen LogP contribution in [0.4, 0.5) is 4.79 Å². The number of aliphatic hydroxyl groups is 1. The topological polar surface area (TPSA) is 49.8 Å². The molecule has 68 valence electrons. The third kappa shape index (κ3) is 0.982. The molecule has 4 heteroatoms. The molecule has 2 aliphatic rings. The second-order valence-electron chi connectivity index (χ2n) is 3.81. The SMILES string of the molecule is CC1(CO)COC(=O)N1C1CC1. The van der Waals surface area contributed by atoms with Crippen molar-refractivity contribution < 1.29 is 14.6 Å². The Labute approximate surface area is 71.1 Å². The van der Waals surface area contributed by atoms with Crippen LogP contribution < -0.4 is 0 Å². The predicted octanol–water partition coefficient (Wildman–Crippen LogP) is 0.352. The van der Waals surface area contributed by atoms with Crippen LogP contribution in [0.15, 0.2) is 0 Å². The number of carbonyl (C=O) groups excluding carboxylic acids is 1. The Kier molecular flexibility index (Phi) is 1.54. The summed E-state index contributed by atoms with van der Waals surface area (Å²) >= 11 is 0. The minimum Gasteiger partial charge on any atom is -0.447 e. The van der Waals surface area contributed by atoms with Crippen LogP contribution in [-0.4, -0.2) is 40.9 Å². The van der Waals surface area contributed by atoms with Crippen molar-refractivity contribution in [1.29, 1.82) is 0 Å². The minimum absolute atomic E-state index is 0.0186. The molecule has 1 atom stereocenters. The summed E-state index contributed by atoms with van der Waals surface area (Å²) in [6.07, 6.45) is 1.82. The van der Waals surface area contributed by atoms with Crippen LogP contribution in [0.1, 0.15) is 19.8 Å². The van der Waals surface area contributed by atoms with Gasteiger partial charge in [-0.05, 0) is 19.8 Å². The number of cyclic esters (lactones) is 1. The van der Waals surface area contributed by atoms with E-state index in [0.29, 0.717) is 12.6 Å². The molecular weight excluding hydrogens is 158 g/mol. The number of rotatable bonds is 2. The van der Waals surface area contributed by atoms with E-state index in [2.05, 4.69) is 0 Å². The lowest BCUT2D eigenvalue weighted by molar-refractivity contribution is 0.0953. The van der Waals surface area contributed by atoms with Crippen molar-refractivity contribution in [1.82, 2.24) is 4.90 Å². The van der Waals surface area contributed by atoms with Gasteiger partial charge in [0.05, 0.1) is 6.61 Å². The van der Waals surface area contributed by atoms with Crippen molar-refractivity contribution in [3.63, 3.8) is 0 Å². The summed E-state index contributed by atoms with van der Waals surface area (Å²) < 4.78 is 4.90. The van der Waals surface area contributed by atoms with Crippen molar-refractivity contribution >= 4 is 6.09 Å². The molecule has 2 rings (SSSR count). The summed E-state index contributed by atoms with van der Waals surface area (Å²) in [5.41, 5.74) is -0.474. The zero-order valence-corrected chi connectivity index (χ0v) is 7.12. The van der Waals surface area contributed by atoms with Gasteiger partial charge in [0, 0.05) is 6.04 Å². The van der Waals surface area contributed by atoms with Gasteiger partial charge in [-0.15, -0.1) is 0 Å². The van der Waals surface area contributed by atoms with Crippen LogP contribution in [0.25, 0.3) is 0 Å². The number of hydrogen-bond acceptors (Lipinski definition) is 3. The molecule has 1 saturated carbocycles. The molecule has 1 aliphatic carbocycles. The molecular formula is C8H13NO3. The Hall–Kier alpha value is -0.770. The van der Waals surface area contributed by atoms with Crippen molar-refractivity contribution in [2.24, 2.45) is 0 Å². The number of hydrogen-bond donors (Lipinski definition) is 1. The van der Waals surface area contributed by atoms with E-state index in [-0.39, 0.29) is 12.7 Å². The number of ether oxygens (including phenoxy) is 1. The lowest BCUT2D eigenvalue weighted by atomic mass is 10.0. The van der Waals surface area contributed by atoms with Crippen LogP contribution in [0, 0.1) is 0 Å². The van der Waals surface area contributed by atoms with Crippen LogP contribution in [0.2, 0.25) is 0 Å². The fourth-order valence-electron chi connectivity index (χ4n) is 1.62. The molecule has 1 amide bonds. The smallest absolute Gasteiger partial charge is 0.410 e. The quantitative estimate of drug-likeness (QED) is 0.652. The maximum Gasteiger partial charge on any atom is 0.410 e. The van der Waals surface area contributed by atoms with Gasteiger partial charge in [0.2, 0.25) is 0 Å². The van der Waals surface area contributed by atoms with Crippen molar-refractivity contribution in [2.45, 2.75) is 31.3 Å². The van der Waals surface area contributed by atoms with Gasteiger partial charge in [-0.2, -0.15) is 0 Å². The van der Waals surface area contributed by atoms with Gasteiger partial charge in [-0.25, -0.2) is 4.79 Å². The standard InChI is InChI=1S/C8H13NO3/c1-8(4-10)5-12-7(11)9(8)6-2-3-6/h6,10H,2-5H2,1H3. The summed E-state index contributed by atoms with van der Waals surface area (Å²) in [5.74, 6) is 0. The lowest BCUT2D eigenvalue weighted by Crippen LogP contribution is -2.48. The molecule has 1 saturated heterocycles. The first-order chi connectivity index (χ1) is 5.67. The normalized spacial score (nSPS) is 35.5. The van der Waals surface area contributed by atoms with E-state index in [4.69, 9.17) is 9.84 Å². The number of carbonyl (C=O) groups is 1. The third-order valence-corrected chi connectivity index (χ3v) is 2.54. The highest BCUT2D eigenvalue weighted by Crippen LogP contribution is 2.36. The Morgan fingerprint density at radius 2 is 2.42 bits per heavy atom. The van der Waals surface area contributed by atoms with E-state index in [1.807, 2.05) is 6.92 Å². The van der Waals surface area contributed by atoms with Crippen LogP contribution in [-0.2, 0) is 4.74 Å². The fourth-order valence-corrected chi connectivity index (χ4v) is 1.62. The molecule has 1 aliphatic heterocycles. The number of aliphatic hydroxyl groups excluding tert-OH is 1. The Morgan fingerprint density at radius 3 is 2.92 bits per heavy atom. The number of amides is 1. The highest BCUT2D eigenvalue weighted by molar-refractivity contribution is 5.72. The monoisotopic (exact) mass is 171 g/mol. The van der Waals surface area contributed by atoms with Crippen molar-refractivity contribution in [2.75, 3.05) is 13.2 Å². The van der Waals surface area contributed by atoms with Crippen LogP contribution in [0.5, 0.6) is 0 Å². The van der Waals surface area contributed by atoms with Gasteiger partial charge in [-0.1, -0.05) is 0 Å². The maximum atomic E-state index is 11.2. The molecule has 12 heavy (non-hydrogen) atoms. The number of nitrogens with zero attached hydrogens (tertiary/aromatic N) is 1. The summed E-state index contributed by atoms with van der Waals surface area (Å²) in [4.78, 5) is 12.9. The van der Waals surface area contributed by atoms with Crippen LogP contribution in [0.3, 0.4) is 0 Å². The van der Waals surface area contributed by atoms with Gasteiger partial charge in [0.25, 0.3) is 0 Å². The van der Waals surface area contributed by atoms with Gasteiger partial charge < -0.3 is 9.84 Å². The summed E-state index contributed by atoms with van der Waals surface area (Å²) in [7, 11) is 0. The van der Waals surface area contributed by atoms with Crippen molar-refractivity contribution in [3.05, 3.63) is 0 Å². The molecule has 4 nitrogen and oxygen atoms in total. The van der Waals surface area contributed by atoms with Gasteiger partial charge >= 0.3 is 6.09 Å². The average molecular weight is 171 g/mol. The maximum absolute atomic E-state index is 11.2. The second-order valence-corrected chi connectivity index (χ2v) is 3.81. The van der Waals surface area contributed by atoms with E-state index in [9.17, 15) is 4.79 Å². The second kappa shape index (κ2) is 2.36.